The third-order valence-electron chi connectivity index (χ3n) is 3.96. The first-order valence-corrected chi connectivity index (χ1v) is 7.28. The number of likely N-dealkylation sites (tertiary alicyclic amines) is 1. The Labute approximate surface area is 125 Å². The first-order valence-electron chi connectivity index (χ1n) is 7.28. The van der Waals surface area contributed by atoms with Gasteiger partial charge < -0.3 is 10.0 Å². The summed E-state index contributed by atoms with van der Waals surface area (Å²) in [5.41, 5.74) is 2.00. The standard InChI is InChI=1S/C16H22N2O3/c1-12-5-7-14(8-6-12)17(2)16(21)18-9-3-4-13(11-18)10-15(19)20/h5-8,13H,3-4,9-11H2,1-2H3,(H,19,20). The van der Waals surface area contributed by atoms with Crippen LogP contribution in [0.25, 0.3) is 0 Å². The number of rotatable bonds is 3. The van der Waals surface area contributed by atoms with E-state index in [2.05, 4.69) is 0 Å². The van der Waals surface area contributed by atoms with E-state index in [1.807, 2.05) is 31.2 Å². The van der Waals surface area contributed by atoms with Crippen molar-refractivity contribution >= 4 is 17.7 Å². The van der Waals surface area contributed by atoms with Gasteiger partial charge in [0.15, 0.2) is 0 Å². The zero-order valence-corrected chi connectivity index (χ0v) is 12.6. The lowest BCUT2D eigenvalue weighted by Crippen LogP contribution is -2.46. The second-order valence-electron chi connectivity index (χ2n) is 5.73. The highest BCUT2D eigenvalue weighted by atomic mass is 16.4. The zero-order valence-electron chi connectivity index (χ0n) is 12.6. The fourth-order valence-corrected chi connectivity index (χ4v) is 2.74. The lowest BCUT2D eigenvalue weighted by atomic mass is 9.95. The second-order valence-corrected chi connectivity index (χ2v) is 5.73. The van der Waals surface area contributed by atoms with E-state index in [-0.39, 0.29) is 18.4 Å². The number of carbonyl (C=O) groups excluding carboxylic acids is 1. The molecule has 1 saturated heterocycles. The highest BCUT2D eigenvalue weighted by molar-refractivity contribution is 5.91. The van der Waals surface area contributed by atoms with Crippen molar-refractivity contribution in [3.8, 4) is 0 Å². The van der Waals surface area contributed by atoms with Crippen molar-refractivity contribution in [3.05, 3.63) is 29.8 Å². The number of nitrogens with zero attached hydrogens (tertiary/aromatic N) is 2. The van der Waals surface area contributed by atoms with Crippen LogP contribution >= 0.6 is 0 Å². The Morgan fingerprint density at radius 3 is 2.62 bits per heavy atom. The molecule has 2 amide bonds. The number of carboxylic acids is 1. The molecular formula is C16H22N2O3. The van der Waals surface area contributed by atoms with E-state index in [1.54, 1.807) is 16.8 Å². The molecule has 0 spiro atoms. The van der Waals surface area contributed by atoms with Gasteiger partial charge in [-0.15, -0.1) is 0 Å². The van der Waals surface area contributed by atoms with E-state index in [9.17, 15) is 9.59 Å². The molecule has 5 heteroatoms. The summed E-state index contributed by atoms with van der Waals surface area (Å²) in [5.74, 6) is -0.729. The summed E-state index contributed by atoms with van der Waals surface area (Å²) in [4.78, 5) is 26.7. The third-order valence-corrected chi connectivity index (χ3v) is 3.96. The van der Waals surface area contributed by atoms with Crippen molar-refractivity contribution in [3.63, 3.8) is 0 Å². The number of hydrogen-bond acceptors (Lipinski definition) is 2. The Kier molecular flexibility index (Phi) is 4.83. The number of aliphatic carboxylic acids is 1. The minimum absolute atomic E-state index is 0.0612. The Balaban J connectivity index is 2.01. The largest absolute Gasteiger partial charge is 0.481 e. The maximum absolute atomic E-state index is 12.5. The van der Waals surface area contributed by atoms with Gasteiger partial charge in [-0.3, -0.25) is 9.69 Å². The third kappa shape index (κ3) is 3.97. The summed E-state index contributed by atoms with van der Waals surface area (Å²) in [5, 5.41) is 8.89. The van der Waals surface area contributed by atoms with Crippen molar-refractivity contribution in [2.75, 3.05) is 25.0 Å². The number of hydrogen-bond donors (Lipinski definition) is 1. The minimum Gasteiger partial charge on any atom is -0.481 e. The molecule has 0 saturated carbocycles. The van der Waals surface area contributed by atoms with Crippen LogP contribution in [0.4, 0.5) is 10.5 Å². The number of anilines is 1. The number of aryl methyl sites for hydroxylation is 1. The van der Waals surface area contributed by atoms with Crippen LogP contribution in [-0.2, 0) is 4.79 Å². The lowest BCUT2D eigenvalue weighted by Gasteiger charge is -2.34. The van der Waals surface area contributed by atoms with Gasteiger partial charge in [-0.05, 0) is 37.8 Å². The van der Waals surface area contributed by atoms with Crippen LogP contribution in [0.5, 0.6) is 0 Å². The Hall–Kier alpha value is -2.04. The summed E-state index contributed by atoms with van der Waals surface area (Å²) in [6.07, 6.45) is 1.88. The van der Waals surface area contributed by atoms with Crippen LogP contribution in [0.2, 0.25) is 0 Å². The normalized spacial score (nSPS) is 18.4. The van der Waals surface area contributed by atoms with Gasteiger partial charge in [-0.2, -0.15) is 0 Å². The minimum atomic E-state index is -0.791. The van der Waals surface area contributed by atoms with Crippen LogP contribution in [0.1, 0.15) is 24.8 Å². The number of amides is 2. The van der Waals surface area contributed by atoms with Gasteiger partial charge >= 0.3 is 12.0 Å². The fourth-order valence-electron chi connectivity index (χ4n) is 2.74. The molecule has 1 aromatic rings. The van der Waals surface area contributed by atoms with Gasteiger partial charge in [0, 0.05) is 32.2 Å². The SMILES string of the molecule is Cc1ccc(N(C)C(=O)N2CCCC(CC(=O)O)C2)cc1. The molecule has 0 bridgehead atoms. The van der Waals surface area contributed by atoms with Crippen molar-refractivity contribution in [1.82, 2.24) is 4.90 Å². The first-order chi connectivity index (χ1) is 9.97. The van der Waals surface area contributed by atoms with Gasteiger partial charge in [0.05, 0.1) is 0 Å². The van der Waals surface area contributed by atoms with E-state index < -0.39 is 5.97 Å². The summed E-state index contributed by atoms with van der Waals surface area (Å²) in [6, 6.07) is 7.73. The summed E-state index contributed by atoms with van der Waals surface area (Å²) in [7, 11) is 1.76. The Bertz CT molecular complexity index is 513. The molecule has 1 fully saturated rings. The molecule has 1 aliphatic heterocycles. The molecule has 1 aromatic carbocycles. The van der Waals surface area contributed by atoms with Crippen molar-refractivity contribution in [2.24, 2.45) is 5.92 Å². The van der Waals surface area contributed by atoms with Crippen molar-refractivity contribution in [1.29, 1.82) is 0 Å². The molecule has 5 nitrogen and oxygen atoms in total. The maximum atomic E-state index is 12.5. The predicted octanol–water partition coefficient (Wildman–Crippen LogP) is 2.74. The van der Waals surface area contributed by atoms with Crippen LogP contribution < -0.4 is 4.90 Å². The number of carbonyl (C=O) groups is 2. The molecule has 0 aliphatic carbocycles. The average Bonchev–Trinajstić information content (AvgIpc) is 2.46. The van der Waals surface area contributed by atoms with E-state index in [4.69, 9.17) is 5.11 Å². The fraction of sp³-hybridized carbons (Fsp3) is 0.500. The van der Waals surface area contributed by atoms with Crippen LogP contribution in [0.3, 0.4) is 0 Å². The topological polar surface area (TPSA) is 60.9 Å². The predicted molar refractivity (Wildman–Crippen MR) is 81.5 cm³/mol. The van der Waals surface area contributed by atoms with Gasteiger partial charge in [-0.25, -0.2) is 4.79 Å². The van der Waals surface area contributed by atoms with Gasteiger partial charge in [0.2, 0.25) is 0 Å². The molecule has 1 atom stereocenters. The van der Waals surface area contributed by atoms with E-state index in [1.165, 1.54) is 0 Å². The highest BCUT2D eigenvalue weighted by Crippen LogP contribution is 2.22. The molecule has 1 aliphatic rings. The van der Waals surface area contributed by atoms with Crippen LogP contribution in [0, 0.1) is 12.8 Å². The molecule has 0 aromatic heterocycles. The van der Waals surface area contributed by atoms with Crippen LogP contribution in [0.15, 0.2) is 24.3 Å². The molecule has 0 radical (unpaired) electrons. The van der Waals surface area contributed by atoms with Crippen LogP contribution in [-0.4, -0.2) is 42.1 Å². The maximum Gasteiger partial charge on any atom is 0.324 e. The van der Waals surface area contributed by atoms with E-state index >= 15 is 0 Å². The van der Waals surface area contributed by atoms with E-state index in [0.717, 1.165) is 24.1 Å². The van der Waals surface area contributed by atoms with Gasteiger partial charge in [0.25, 0.3) is 0 Å². The van der Waals surface area contributed by atoms with E-state index in [0.29, 0.717) is 13.1 Å². The molecule has 1 unspecified atom stereocenters. The summed E-state index contributed by atoms with van der Waals surface area (Å²) in [6.45, 7) is 3.24. The number of carboxylic acid groups (broad SMARTS) is 1. The molecular weight excluding hydrogens is 268 g/mol. The average molecular weight is 290 g/mol. The smallest absolute Gasteiger partial charge is 0.324 e. The zero-order chi connectivity index (χ0) is 15.4. The number of benzene rings is 1. The Morgan fingerprint density at radius 1 is 1.33 bits per heavy atom. The monoisotopic (exact) mass is 290 g/mol. The van der Waals surface area contributed by atoms with Crippen molar-refractivity contribution in [2.45, 2.75) is 26.2 Å². The Morgan fingerprint density at radius 2 is 2.00 bits per heavy atom. The highest BCUT2D eigenvalue weighted by Gasteiger charge is 2.27. The molecule has 1 heterocycles. The van der Waals surface area contributed by atoms with Gasteiger partial charge in [0.1, 0.15) is 0 Å². The molecule has 21 heavy (non-hydrogen) atoms. The summed E-state index contributed by atoms with van der Waals surface area (Å²) < 4.78 is 0. The molecule has 2 rings (SSSR count). The number of piperidine rings is 1. The van der Waals surface area contributed by atoms with Crippen molar-refractivity contribution < 1.29 is 14.7 Å². The molecule has 114 valence electrons. The first kappa shape index (κ1) is 15.4. The summed E-state index contributed by atoms with van der Waals surface area (Å²) >= 11 is 0. The quantitative estimate of drug-likeness (QED) is 0.931. The molecule has 1 N–H and O–H groups in total. The lowest BCUT2D eigenvalue weighted by molar-refractivity contribution is -0.138. The van der Waals surface area contributed by atoms with Gasteiger partial charge in [-0.1, -0.05) is 17.7 Å². The second kappa shape index (κ2) is 6.61. The number of urea groups is 1.